The van der Waals surface area contributed by atoms with Gasteiger partial charge in [-0.2, -0.15) is 0 Å². The molecule has 7 nitrogen and oxygen atoms in total. The van der Waals surface area contributed by atoms with Crippen molar-refractivity contribution in [3.8, 4) is 22.8 Å². The molecule has 0 saturated heterocycles. The predicted octanol–water partition coefficient (Wildman–Crippen LogP) is 1.68. The summed E-state index contributed by atoms with van der Waals surface area (Å²) in [7, 11) is -3.49. The molecule has 0 fully saturated rings. The van der Waals surface area contributed by atoms with Gasteiger partial charge in [-0.15, -0.1) is 0 Å². The zero-order valence-corrected chi connectivity index (χ0v) is 12.4. The second-order valence-electron chi connectivity index (χ2n) is 4.57. The van der Waals surface area contributed by atoms with Gasteiger partial charge >= 0.3 is 0 Å². The Balaban J connectivity index is 1.77. The molecule has 1 N–H and O–H groups in total. The van der Waals surface area contributed by atoms with Crippen LogP contribution < -0.4 is 14.2 Å². The number of aromatic nitrogens is 1. The lowest BCUT2D eigenvalue weighted by Gasteiger charge is -2.18. The molecule has 0 spiro atoms. The molecule has 1 aliphatic heterocycles. The van der Waals surface area contributed by atoms with E-state index in [9.17, 15) is 8.42 Å². The highest BCUT2D eigenvalue weighted by Gasteiger charge is 2.15. The van der Waals surface area contributed by atoms with E-state index in [1.807, 2.05) is 6.07 Å². The fourth-order valence-corrected chi connectivity index (χ4v) is 2.43. The molecular formula is C14H14N2O5S. The second kappa shape index (κ2) is 5.82. The maximum Gasteiger partial charge on any atom is 0.233 e. The van der Waals surface area contributed by atoms with Crippen molar-refractivity contribution in [2.45, 2.75) is 6.54 Å². The van der Waals surface area contributed by atoms with Gasteiger partial charge in [0.15, 0.2) is 17.3 Å². The topological polar surface area (TPSA) is 90.7 Å². The number of ether oxygens (including phenoxy) is 2. The van der Waals surface area contributed by atoms with E-state index in [1.165, 1.54) is 0 Å². The first-order chi connectivity index (χ1) is 10.6. The Kier molecular flexibility index (Phi) is 3.86. The molecule has 0 radical (unpaired) electrons. The molecule has 0 bridgehead atoms. The molecule has 2 aromatic rings. The van der Waals surface area contributed by atoms with Crippen molar-refractivity contribution in [2.24, 2.45) is 0 Å². The zero-order valence-electron chi connectivity index (χ0n) is 11.6. The molecule has 8 heteroatoms. The van der Waals surface area contributed by atoms with Crippen molar-refractivity contribution < 1.29 is 22.4 Å². The van der Waals surface area contributed by atoms with E-state index in [-0.39, 0.29) is 6.54 Å². The first-order valence-corrected chi connectivity index (χ1v) is 8.10. The standard InChI is InChI=1S/C14H14N2O5S/c1-2-22(17,18)15-9-11-8-13(21-16-11)10-3-4-12-14(7-10)20-6-5-19-12/h2-4,7-8,15H,1,5-6,9H2. The largest absolute Gasteiger partial charge is 0.486 e. The monoisotopic (exact) mass is 322 g/mol. The highest BCUT2D eigenvalue weighted by Crippen LogP contribution is 2.34. The fraction of sp³-hybridized carbons (Fsp3) is 0.214. The van der Waals surface area contributed by atoms with Gasteiger partial charge in [0.2, 0.25) is 10.0 Å². The Morgan fingerprint density at radius 3 is 2.77 bits per heavy atom. The van der Waals surface area contributed by atoms with E-state index in [0.717, 1.165) is 11.0 Å². The van der Waals surface area contributed by atoms with Gasteiger partial charge in [0.05, 0.1) is 12.2 Å². The summed E-state index contributed by atoms with van der Waals surface area (Å²) in [4.78, 5) is 0. The van der Waals surface area contributed by atoms with Gasteiger partial charge in [0.25, 0.3) is 0 Å². The summed E-state index contributed by atoms with van der Waals surface area (Å²) >= 11 is 0. The van der Waals surface area contributed by atoms with Crippen molar-refractivity contribution >= 4 is 10.0 Å². The Labute approximate surface area is 127 Å². The highest BCUT2D eigenvalue weighted by molar-refractivity contribution is 7.92. The van der Waals surface area contributed by atoms with Gasteiger partial charge in [-0.3, -0.25) is 0 Å². The number of nitrogens with zero attached hydrogens (tertiary/aromatic N) is 1. The lowest BCUT2D eigenvalue weighted by molar-refractivity contribution is 0.171. The highest BCUT2D eigenvalue weighted by atomic mass is 32.2. The molecule has 2 heterocycles. The van der Waals surface area contributed by atoms with Crippen LogP contribution in [0.3, 0.4) is 0 Å². The fourth-order valence-electron chi connectivity index (χ4n) is 1.96. The van der Waals surface area contributed by atoms with Crippen LogP contribution in [0.2, 0.25) is 0 Å². The average Bonchev–Trinajstić information content (AvgIpc) is 3.02. The molecule has 0 saturated carbocycles. The molecule has 1 aromatic heterocycles. The van der Waals surface area contributed by atoms with E-state index >= 15 is 0 Å². The van der Waals surface area contributed by atoms with Crippen LogP contribution in [0.4, 0.5) is 0 Å². The Hall–Kier alpha value is -2.32. The minimum Gasteiger partial charge on any atom is -0.486 e. The van der Waals surface area contributed by atoms with Crippen molar-refractivity contribution in [1.82, 2.24) is 9.88 Å². The van der Waals surface area contributed by atoms with Crippen LogP contribution in [-0.2, 0) is 16.6 Å². The number of hydrogen-bond acceptors (Lipinski definition) is 6. The first-order valence-electron chi connectivity index (χ1n) is 6.55. The molecule has 22 heavy (non-hydrogen) atoms. The maximum absolute atomic E-state index is 11.3. The van der Waals surface area contributed by atoms with E-state index in [1.54, 1.807) is 18.2 Å². The predicted molar refractivity (Wildman–Crippen MR) is 78.9 cm³/mol. The van der Waals surface area contributed by atoms with Gasteiger partial charge in [-0.05, 0) is 18.2 Å². The van der Waals surface area contributed by atoms with Gasteiger partial charge in [0, 0.05) is 17.0 Å². The Morgan fingerprint density at radius 2 is 2.00 bits per heavy atom. The van der Waals surface area contributed by atoms with E-state index < -0.39 is 10.0 Å². The van der Waals surface area contributed by atoms with Crippen molar-refractivity contribution in [1.29, 1.82) is 0 Å². The zero-order chi connectivity index (χ0) is 15.6. The average molecular weight is 322 g/mol. The number of sulfonamides is 1. The smallest absolute Gasteiger partial charge is 0.233 e. The van der Waals surface area contributed by atoms with Gasteiger partial charge < -0.3 is 14.0 Å². The molecule has 1 aromatic carbocycles. The normalized spacial score (nSPS) is 13.8. The maximum atomic E-state index is 11.3. The molecule has 0 amide bonds. The number of hydrogen-bond donors (Lipinski definition) is 1. The summed E-state index contributed by atoms with van der Waals surface area (Å²) < 4.78 is 41.1. The third-order valence-electron chi connectivity index (χ3n) is 3.06. The Morgan fingerprint density at radius 1 is 1.23 bits per heavy atom. The summed E-state index contributed by atoms with van der Waals surface area (Å²) in [6, 6.07) is 7.09. The molecule has 116 valence electrons. The summed E-state index contributed by atoms with van der Waals surface area (Å²) in [5, 5.41) is 4.68. The quantitative estimate of drug-likeness (QED) is 0.900. The van der Waals surface area contributed by atoms with Crippen molar-refractivity contribution in [3.63, 3.8) is 0 Å². The van der Waals surface area contributed by atoms with E-state index in [2.05, 4.69) is 16.5 Å². The molecule has 1 aliphatic rings. The van der Waals surface area contributed by atoms with E-state index in [4.69, 9.17) is 14.0 Å². The van der Waals surface area contributed by atoms with Crippen LogP contribution in [0.15, 0.2) is 40.8 Å². The summed E-state index contributed by atoms with van der Waals surface area (Å²) in [5.41, 5.74) is 1.24. The van der Waals surface area contributed by atoms with Crippen molar-refractivity contribution in [2.75, 3.05) is 13.2 Å². The first kappa shape index (κ1) is 14.6. The second-order valence-corrected chi connectivity index (χ2v) is 6.29. The van der Waals surface area contributed by atoms with Crippen LogP contribution in [0.25, 0.3) is 11.3 Å². The van der Waals surface area contributed by atoms with Crippen molar-refractivity contribution in [3.05, 3.63) is 41.9 Å². The molecular weight excluding hydrogens is 308 g/mol. The number of fused-ring (bicyclic) bond motifs is 1. The molecule has 3 rings (SSSR count). The van der Waals surface area contributed by atoms with Gasteiger partial charge in [-0.25, -0.2) is 13.1 Å². The lowest BCUT2D eigenvalue weighted by Crippen LogP contribution is -2.20. The third-order valence-corrected chi connectivity index (χ3v) is 4.05. The number of nitrogens with one attached hydrogen (secondary N) is 1. The molecule has 0 unspecified atom stereocenters. The summed E-state index contributed by atoms with van der Waals surface area (Å²) in [6.45, 7) is 4.28. The van der Waals surface area contributed by atoms with Crippen LogP contribution in [0.5, 0.6) is 11.5 Å². The molecule has 0 aliphatic carbocycles. The van der Waals surface area contributed by atoms with Crippen LogP contribution in [0, 0.1) is 0 Å². The van der Waals surface area contributed by atoms with E-state index in [0.29, 0.717) is 36.2 Å². The minimum absolute atomic E-state index is 0.0302. The van der Waals surface area contributed by atoms with Crippen LogP contribution >= 0.6 is 0 Å². The third kappa shape index (κ3) is 3.12. The number of rotatable bonds is 5. The minimum atomic E-state index is -3.49. The molecule has 0 atom stereocenters. The SMILES string of the molecule is C=CS(=O)(=O)NCc1cc(-c2ccc3c(c2)OCCO3)on1. The number of benzene rings is 1. The summed E-state index contributed by atoms with van der Waals surface area (Å²) in [5.74, 6) is 1.85. The summed E-state index contributed by atoms with van der Waals surface area (Å²) in [6.07, 6.45) is 0. The van der Waals surface area contributed by atoms with Gasteiger partial charge in [0.1, 0.15) is 13.2 Å². The Bertz CT molecular complexity index is 797. The lowest BCUT2D eigenvalue weighted by atomic mass is 10.1. The van der Waals surface area contributed by atoms with Crippen LogP contribution in [-0.4, -0.2) is 26.8 Å². The van der Waals surface area contributed by atoms with Crippen LogP contribution in [0.1, 0.15) is 5.69 Å². The van der Waals surface area contributed by atoms with Gasteiger partial charge in [-0.1, -0.05) is 11.7 Å².